The van der Waals surface area contributed by atoms with Gasteiger partial charge in [-0.1, -0.05) is 19.9 Å². The average Bonchev–Trinajstić information content (AvgIpc) is 1.85. The van der Waals surface area contributed by atoms with E-state index in [1.807, 2.05) is 19.9 Å². The van der Waals surface area contributed by atoms with Crippen LogP contribution in [-0.2, 0) is 9.53 Å². The highest BCUT2D eigenvalue weighted by atomic mass is 16.5. The van der Waals surface area contributed by atoms with Crippen LogP contribution in [0.2, 0.25) is 0 Å². The van der Waals surface area contributed by atoms with Gasteiger partial charge in [0, 0.05) is 18.9 Å². The van der Waals surface area contributed by atoms with Crippen LogP contribution < -0.4 is 0 Å². The Balaban J connectivity index is 2.80. The Morgan fingerprint density at radius 3 is 2.73 bits per heavy atom. The largest absolute Gasteiger partial charge is 0.377 e. The Kier molecular flexibility index (Phi) is 2.14. The molecule has 0 aromatic carbocycles. The van der Waals surface area contributed by atoms with E-state index in [9.17, 15) is 4.79 Å². The SMILES string of the molecule is COC1C=CC(=O)CC1(C)C. The zero-order chi connectivity index (χ0) is 8.48. The second-order valence-corrected chi connectivity index (χ2v) is 3.65. The molecule has 0 radical (unpaired) electrons. The van der Waals surface area contributed by atoms with Gasteiger partial charge in [-0.3, -0.25) is 4.79 Å². The Labute approximate surface area is 67.2 Å². The zero-order valence-corrected chi connectivity index (χ0v) is 7.26. The summed E-state index contributed by atoms with van der Waals surface area (Å²) in [7, 11) is 1.67. The number of carbonyl (C=O) groups excluding carboxylic acids is 1. The van der Waals surface area contributed by atoms with Crippen LogP contribution in [0.4, 0.5) is 0 Å². The van der Waals surface area contributed by atoms with Crippen molar-refractivity contribution >= 4 is 5.78 Å². The van der Waals surface area contributed by atoms with Gasteiger partial charge in [0.15, 0.2) is 5.78 Å². The summed E-state index contributed by atoms with van der Waals surface area (Å²) in [6.07, 6.45) is 4.12. The lowest BCUT2D eigenvalue weighted by atomic mass is 9.78. The summed E-state index contributed by atoms with van der Waals surface area (Å²) in [4.78, 5) is 11.0. The van der Waals surface area contributed by atoms with Crippen molar-refractivity contribution in [2.24, 2.45) is 5.41 Å². The van der Waals surface area contributed by atoms with E-state index >= 15 is 0 Å². The third kappa shape index (κ3) is 1.69. The summed E-state index contributed by atoms with van der Waals surface area (Å²) < 4.78 is 5.22. The molecule has 0 heterocycles. The highest BCUT2D eigenvalue weighted by Crippen LogP contribution is 2.31. The van der Waals surface area contributed by atoms with Crippen LogP contribution in [0, 0.1) is 5.41 Å². The van der Waals surface area contributed by atoms with Crippen molar-refractivity contribution in [3.8, 4) is 0 Å². The molecule has 1 atom stereocenters. The lowest BCUT2D eigenvalue weighted by Gasteiger charge is -2.32. The molecule has 62 valence electrons. The van der Waals surface area contributed by atoms with Crippen LogP contribution in [0.5, 0.6) is 0 Å². The molecular formula is C9H14O2. The minimum Gasteiger partial charge on any atom is -0.377 e. The average molecular weight is 154 g/mol. The second kappa shape index (κ2) is 2.78. The fraction of sp³-hybridized carbons (Fsp3) is 0.667. The fourth-order valence-electron chi connectivity index (χ4n) is 1.46. The standard InChI is InChI=1S/C9H14O2/c1-9(2)6-7(10)4-5-8(9)11-3/h4-5,8H,6H2,1-3H3. The van der Waals surface area contributed by atoms with Gasteiger partial charge in [0.05, 0.1) is 6.10 Å². The topological polar surface area (TPSA) is 26.3 Å². The molecule has 1 aliphatic rings. The van der Waals surface area contributed by atoms with Crippen LogP contribution >= 0.6 is 0 Å². The lowest BCUT2D eigenvalue weighted by molar-refractivity contribution is -0.119. The molecule has 1 aliphatic carbocycles. The van der Waals surface area contributed by atoms with Crippen LogP contribution in [0.1, 0.15) is 20.3 Å². The molecule has 0 N–H and O–H groups in total. The molecule has 1 rings (SSSR count). The van der Waals surface area contributed by atoms with E-state index in [1.54, 1.807) is 13.2 Å². The maximum atomic E-state index is 11.0. The van der Waals surface area contributed by atoms with Gasteiger partial charge in [0.1, 0.15) is 0 Å². The summed E-state index contributed by atoms with van der Waals surface area (Å²) in [6, 6.07) is 0. The van der Waals surface area contributed by atoms with Crippen LogP contribution in [0.25, 0.3) is 0 Å². The van der Waals surface area contributed by atoms with Gasteiger partial charge in [-0.2, -0.15) is 0 Å². The van der Waals surface area contributed by atoms with E-state index in [-0.39, 0.29) is 17.3 Å². The van der Waals surface area contributed by atoms with Gasteiger partial charge in [0.25, 0.3) is 0 Å². The number of hydrogen-bond acceptors (Lipinski definition) is 2. The molecule has 0 aromatic rings. The van der Waals surface area contributed by atoms with E-state index in [0.717, 1.165) is 0 Å². The third-order valence-electron chi connectivity index (χ3n) is 2.11. The van der Waals surface area contributed by atoms with Crippen molar-refractivity contribution in [1.29, 1.82) is 0 Å². The molecular weight excluding hydrogens is 140 g/mol. The van der Waals surface area contributed by atoms with E-state index in [2.05, 4.69) is 0 Å². The van der Waals surface area contributed by atoms with Gasteiger partial charge < -0.3 is 4.74 Å². The van der Waals surface area contributed by atoms with Crippen molar-refractivity contribution < 1.29 is 9.53 Å². The number of carbonyl (C=O) groups is 1. The number of allylic oxidation sites excluding steroid dienone is 1. The molecule has 2 heteroatoms. The monoisotopic (exact) mass is 154 g/mol. The third-order valence-corrected chi connectivity index (χ3v) is 2.11. The molecule has 0 saturated carbocycles. The molecule has 0 spiro atoms. The van der Waals surface area contributed by atoms with Gasteiger partial charge in [-0.05, 0) is 6.08 Å². The summed E-state index contributed by atoms with van der Waals surface area (Å²) >= 11 is 0. The molecule has 0 aromatic heterocycles. The molecule has 0 amide bonds. The smallest absolute Gasteiger partial charge is 0.156 e. The minimum atomic E-state index is -0.0411. The number of rotatable bonds is 1. The van der Waals surface area contributed by atoms with E-state index in [1.165, 1.54) is 0 Å². The fourth-order valence-corrected chi connectivity index (χ4v) is 1.46. The van der Waals surface area contributed by atoms with Crippen molar-refractivity contribution in [1.82, 2.24) is 0 Å². The molecule has 2 nitrogen and oxygen atoms in total. The molecule has 0 saturated heterocycles. The lowest BCUT2D eigenvalue weighted by Crippen LogP contribution is -2.34. The predicted molar refractivity (Wildman–Crippen MR) is 43.3 cm³/mol. The first-order chi connectivity index (χ1) is 5.06. The molecule has 11 heavy (non-hydrogen) atoms. The van der Waals surface area contributed by atoms with E-state index in [0.29, 0.717) is 6.42 Å². The quantitative estimate of drug-likeness (QED) is 0.573. The zero-order valence-electron chi connectivity index (χ0n) is 7.26. The number of methoxy groups -OCH3 is 1. The summed E-state index contributed by atoms with van der Waals surface area (Å²) in [5.74, 6) is 0.198. The first kappa shape index (κ1) is 8.47. The van der Waals surface area contributed by atoms with Crippen molar-refractivity contribution in [3.05, 3.63) is 12.2 Å². The number of ketones is 1. The molecule has 0 fully saturated rings. The highest BCUT2D eigenvalue weighted by molar-refractivity contribution is 5.91. The second-order valence-electron chi connectivity index (χ2n) is 3.65. The van der Waals surface area contributed by atoms with Crippen LogP contribution in [-0.4, -0.2) is 19.0 Å². The Morgan fingerprint density at radius 1 is 1.64 bits per heavy atom. The Bertz CT molecular complexity index is 192. The van der Waals surface area contributed by atoms with Crippen LogP contribution in [0.15, 0.2) is 12.2 Å². The first-order valence-corrected chi connectivity index (χ1v) is 3.80. The summed E-state index contributed by atoms with van der Waals surface area (Å²) in [5, 5.41) is 0. The van der Waals surface area contributed by atoms with Crippen LogP contribution in [0.3, 0.4) is 0 Å². The number of hydrogen-bond donors (Lipinski definition) is 0. The molecule has 0 bridgehead atoms. The Hall–Kier alpha value is -0.630. The van der Waals surface area contributed by atoms with Crippen molar-refractivity contribution in [2.75, 3.05) is 7.11 Å². The predicted octanol–water partition coefficient (Wildman–Crippen LogP) is 1.56. The van der Waals surface area contributed by atoms with Gasteiger partial charge >= 0.3 is 0 Å². The molecule has 0 aliphatic heterocycles. The minimum absolute atomic E-state index is 0.0411. The number of ether oxygens (including phenoxy) is 1. The normalized spacial score (nSPS) is 29.0. The summed E-state index contributed by atoms with van der Waals surface area (Å²) in [6.45, 7) is 4.09. The Morgan fingerprint density at radius 2 is 2.27 bits per heavy atom. The van der Waals surface area contributed by atoms with Gasteiger partial charge in [-0.15, -0.1) is 0 Å². The highest BCUT2D eigenvalue weighted by Gasteiger charge is 2.32. The first-order valence-electron chi connectivity index (χ1n) is 3.80. The van der Waals surface area contributed by atoms with E-state index < -0.39 is 0 Å². The summed E-state index contributed by atoms with van der Waals surface area (Å²) in [5.41, 5.74) is -0.0411. The maximum Gasteiger partial charge on any atom is 0.156 e. The van der Waals surface area contributed by atoms with E-state index in [4.69, 9.17) is 4.74 Å². The molecule has 1 unspecified atom stereocenters. The van der Waals surface area contributed by atoms with Gasteiger partial charge in [0.2, 0.25) is 0 Å². The van der Waals surface area contributed by atoms with Crippen molar-refractivity contribution in [3.63, 3.8) is 0 Å². The van der Waals surface area contributed by atoms with Crippen molar-refractivity contribution in [2.45, 2.75) is 26.4 Å². The maximum absolute atomic E-state index is 11.0. The van der Waals surface area contributed by atoms with Gasteiger partial charge in [-0.25, -0.2) is 0 Å².